The monoisotopic (exact) mass is 421 g/mol. The minimum Gasteiger partial charge on any atom is -0.490 e. The maximum Gasteiger partial charge on any atom is 0.418 e. The third-order valence-corrected chi connectivity index (χ3v) is 5.26. The molecule has 0 saturated heterocycles. The van der Waals surface area contributed by atoms with E-state index in [1.165, 1.54) is 6.07 Å². The highest BCUT2D eigenvalue weighted by atomic mass is 19.4. The molecule has 3 N–H and O–H groups in total. The third-order valence-electron chi connectivity index (χ3n) is 5.26. The molecule has 1 unspecified atom stereocenters. The Labute approximate surface area is 173 Å². The van der Waals surface area contributed by atoms with Crippen LogP contribution in [0.2, 0.25) is 0 Å². The molecule has 0 heterocycles. The Balaban J connectivity index is 2.26. The zero-order chi connectivity index (χ0) is 22.1. The van der Waals surface area contributed by atoms with Crippen molar-refractivity contribution >= 4 is 11.7 Å². The van der Waals surface area contributed by atoms with Gasteiger partial charge in [0.1, 0.15) is 0 Å². The number of rotatable bonds is 8. The van der Waals surface area contributed by atoms with Gasteiger partial charge in [0.2, 0.25) is 0 Å². The molecule has 0 spiro atoms. The number of ether oxygens (including phenoxy) is 1. The van der Waals surface area contributed by atoms with Crippen LogP contribution in [-0.4, -0.2) is 17.7 Å². The number of carboxylic acid groups (broad SMARTS) is 1. The highest BCUT2D eigenvalue weighted by Crippen LogP contribution is 2.49. The van der Waals surface area contributed by atoms with Gasteiger partial charge in [-0.05, 0) is 48.3 Å². The summed E-state index contributed by atoms with van der Waals surface area (Å²) in [5.41, 5.74) is 5.07. The Kier molecular flexibility index (Phi) is 6.29. The van der Waals surface area contributed by atoms with Gasteiger partial charge in [-0.3, -0.25) is 4.79 Å². The molecule has 30 heavy (non-hydrogen) atoms. The average Bonchev–Trinajstić information content (AvgIpc) is 3.48. The standard InChI is InChI=1S/C23H26F3NO3/c1-13(2)10-18(22(28)29)17-11-16(15-6-4-3-5-7-15)21(30-12-14-8-9-14)20(27)19(17)23(24,25)26/h3-7,11,13-14,18H,8-10,12,27H2,1-2H3,(H,28,29). The summed E-state index contributed by atoms with van der Waals surface area (Å²) in [6.45, 7) is 3.84. The van der Waals surface area contributed by atoms with Crippen LogP contribution in [0.5, 0.6) is 5.75 Å². The summed E-state index contributed by atoms with van der Waals surface area (Å²) in [7, 11) is 0. The van der Waals surface area contributed by atoms with Crippen molar-refractivity contribution in [2.24, 2.45) is 11.8 Å². The lowest BCUT2D eigenvalue weighted by molar-refractivity contribution is -0.141. The number of nitrogens with two attached hydrogens (primary N) is 1. The number of nitrogen functional groups attached to an aromatic ring is 1. The summed E-state index contributed by atoms with van der Waals surface area (Å²) in [6, 6.07) is 10.1. The Morgan fingerprint density at radius 3 is 2.37 bits per heavy atom. The number of alkyl halides is 3. The second kappa shape index (κ2) is 8.58. The lowest BCUT2D eigenvalue weighted by atomic mass is 9.84. The molecule has 1 fully saturated rings. The zero-order valence-corrected chi connectivity index (χ0v) is 17.0. The molecule has 2 aromatic carbocycles. The number of hydrogen-bond acceptors (Lipinski definition) is 3. The summed E-state index contributed by atoms with van der Waals surface area (Å²) in [5.74, 6) is -2.46. The second-order valence-electron chi connectivity index (χ2n) is 8.27. The molecule has 2 aromatic rings. The van der Waals surface area contributed by atoms with Gasteiger partial charge in [-0.2, -0.15) is 13.2 Å². The molecule has 3 rings (SSSR count). The zero-order valence-electron chi connectivity index (χ0n) is 17.0. The van der Waals surface area contributed by atoms with Crippen LogP contribution in [-0.2, 0) is 11.0 Å². The van der Waals surface area contributed by atoms with E-state index in [1.807, 2.05) is 0 Å². The van der Waals surface area contributed by atoms with Crippen LogP contribution in [0, 0.1) is 11.8 Å². The van der Waals surface area contributed by atoms with Gasteiger partial charge in [0, 0.05) is 5.56 Å². The van der Waals surface area contributed by atoms with E-state index in [-0.39, 0.29) is 30.3 Å². The first-order chi connectivity index (χ1) is 14.1. The molecule has 1 atom stereocenters. The van der Waals surface area contributed by atoms with Gasteiger partial charge in [0.15, 0.2) is 5.75 Å². The molecule has 1 aliphatic rings. The molecule has 0 bridgehead atoms. The summed E-state index contributed by atoms with van der Waals surface area (Å²) in [5, 5.41) is 9.73. The Bertz CT molecular complexity index is 906. The number of hydrogen-bond donors (Lipinski definition) is 2. The van der Waals surface area contributed by atoms with Gasteiger partial charge in [-0.25, -0.2) is 0 Å². The number of aliphatic carboxylic acids is 1. The summed E-state index contributed by atoms with van der Waals surface area (Å²) < 4.78 is 48.0. The van der Waals surface area contributed by atoms with E-state index in [4.69, 9.17) is 10.5 Å². The molecule has 0 aromatic heterocycles. The van der Waals surface area contributed by atoms with Crippen molar-refractivity contribution in [1.29, 1.82) is 0 Å². The maximum atomic E-state index is 14.1. The number of carboxylic acids is 1. The second-order valence-corrected chi connectivity index (χ2v) is 8.27. The van der Waals surface area contributed by atoms with Gasteiger partial charge < -0.3 is 15.6 Å². The predicted molar refractivity (Wildman–Crippen MR) is 109 cm³/mol. The molecular weight excluding hydrogens is 395 g/mol. The largest absolute Gasteiger partial charge is 0.490 e. The fourth-order valence-electron chi connectivity index (χ4n) is 3.60. The molecular formula is C23H26F3NO3. The molecule has 1 aliphatic carbocycles. The molecule has 7 heteroatoms. The Hall–Kier alpha value is -2.70. The van der Waals surface area contributed by atoms with Crippen molar-refractivity contribution in [3.05, 3.63) is 47.5 Å². The lowest BCUT2D eigenvalue weighted by Gasteiger charge is -2.25. The number of anilines is 1. The van der Waals surface area contributed by atoms with Crippen molar-refractivity contribution in [1.82, 2.24) is 0 Å². The van der Waals surface area contributed by atoms with Crippen LogP contribution in [0.25, 0.3) is 11.1 Å². The first-order valence-electron chi connectivity index (χ1n) is 10.0. The fourth-order valence-corrected chi connectivity index (χ4v) is 3.60. The van der Waals surface area contributed by atoms with Crippen LogP contribution in [0.1, 0.15) is 50.2 Å². The van der Waals surface area contributed by atoms with Crippen LogP contribution in [0.4, 0.5) is 18.9 Å². The molecule has 4 nitrogen and oxygen atoms in total. The van der Waals surface area contributed by atoms with E-state index < -0.39 is 29.3 Å². The SMILES string of the molecule is CC(C)CC(C(=O)O)c1cc(-c2ccccc2)c(OCC2CC2)c(N)c1C(F)(F)F. The van der Waals surface area contributed by atoms with Crippen molar-refractivity contribution in [3.8, 4) is 16.9 Å². The summed E-state index contributed by atoms with van der Waals surface area (Å²) in [4.78, 5) is 11.9. The van der Waals surface area contributed by atoms with Crippen LogP contribution in [0.15, 0.2) is 36.4 Å². The summed E-state index contributed by atoms with van der Waals surface area (Å²) >= 11 is 0. The fraction of sp³-hybridized carbons (Fsp3) is 0.435. The summed E-state index contributed by atoms with van der Waals surface area (Å²) in [6.07, 6.45) is -2.80. The normalized spacial score (nSPS) is 15.3. The number of benzene rings is 2. The lowest BCUT2D eigenvalue weighted by Crippen LogP contribution is -2.22. The third kappa shape index (κ3) is 4.89. The van der Waals surface area contributed by atoms with Crippen molar-refractivity contribution in [2.45, 2.75) is 45.2 Å². The maximum absolute atomic E-state index is 14.1. The molecule has 1 saturated carbocycles. The molecule has 0 radical (unpaired) electrons. The van der Waals surface area contributed by atoms with E-state index in [1.54, 1.807) is 44.2 Å². The minimum absolute atomic E-state index is 0.0298. The van der Waals surface area contributed by atoms with Crippen LogP contribution >= 0.6 is 0 Å². The van der Waals surface area contributed by atoms with E-state index in [0.29, 0.717) is 17.0 Å². The minimum atomic E-state index is -4.81. The molecule has 162 valence electrons. The predicted octanol–water partition coefficient (Wildman–Crippen LogP) is 5.96. The van der Waals surface area contributed by atoms with Crippen molar-refractivity contribution in [3.63, 3.8) is 0 Å². The number of halogens is 3. The van der Waals surface area contributed by atoms with Crippen LogP contribution in [0.3, 0.4) is 0 Å². The first-order valence-corrected chi connectivity index (χ1v) is 10.0. The van der Waals surface area contributed by atoms with Gasteiger partial charge in [-0.1, -0.05) is 44.2 Å². The van der Waals surface area contributed by atoms with Crippen molar-refractivity contribution < 1.29 is 27.8 Å². The van der Waals surface area contributed by atoms with Gasteiger partial charge in [0.05, 0.1) is 23.8 Å². The van der Waals surface area contributed by atoms with Crippen LogP contribution < -0.4 is 10.5 Å². The quantitative estimate of drug-likeness (QED) is 0.516. The highest BCUT2D eigenvalue weighted by molar-refractivity contribution is 5.85. The van der Waals surface area contributed by atoms with E-state index in [2.05, 4.69) is 0 Å². The Morgan fingerprint density at radius 2 is 1.87 bits per heavy atom. The topological polar surface area (TPSA) is 72.5 Å². The van der Waals surface area contributed by atoms with Gasteiger partial charge in [-0.15, -0.1) is 0 Å². The van der Waals surface area contributed by atoms with E-state index >= 15 is 0 Å². The van der Waals surface area contributed by atoms with Gasteiger partial charge in [0.25, 0.3) is 0 Å². The van der Waals surface area contributed by atoms with E-state index in [9.17, 15) is 23.1 Å². The molecule has 0 amide bonds. The van der Waals surface area contributed by atoms with E-state index in [0.717, 1.165) is 12.8 Å². The number of carbonyl (C=O) groups is 1. The Morgan fingerprint density at radius 1 is 1.23 bits per heavy atom. The first kappa shape index (κ1) is 22.0. The smallest absolute Gasteiger partial charge is 0.418 e. The molecule has 0 aliphatic heterocycles. The van der Waals surface area contributed by atoms with Crippen molar-refractivity contribution in [2.75, 3.05) is 12.3 Å². The highest BCUT2D eigenvalue weighted by Gasteiger charge is 2.41. The van der Waals surface area contributed by atoms with Gasteiger partial charge >= 0.3 is 12.1 Å². The average molecular weight is 421 g/mol.